The summed E-state index contributed by atoms with van der Waals surface area (Å²) in [7, 11) is 0. The predicted octanol–water partition coefficient (Wildman–Crippen LogP) is 3.79. The number of nitrogens with one attached hydrogen (secondary N) is 1. The van der Waals surface area contributed by atoms with Gasteiger partial charge in [-0.25, -0.2) is 4.79 Å². The molecule has 2 aliphatic carbocycles. The van der Waals surface area contributed by atoms with Gasteiger partial charge in [0.1, 0.15) is 13.2 Å². The number of alkyl carbamates (subject to hydrolysis) is 1. The summed E-state index contributed by atoms with van der Waals surface area (Å²) in [6, 6.07) is 16.0. The quantitative estimate of drug-likeness (QED) is 0.629. The average molecular weight is 449 g/mol. The maximum atomic E-state index is 12.7. The van der Waals surface area contributed by atoms with Crippen molar-refractivity contribution in [3.05, 3.63) is 71.8 Å². The molecular formula is C26H28N2O5. The minimum absolute atomic E-state index is 0.0199. The molecule has 2 aromatic carbocycles. The van der Waals surface area contributed by atoms with Crippen LogP contribution in [0.2, 0.25) is 0 Å². The first kappa shape index (κ1) is 22.6. The van der Waals surface area contributed by atoms with Crippen LogP contribution in [-0.2, 0) is 14.3 Å². The highest BCUT2D eigenvalue weighted by molar-refractivity contribution is 5.83. The Morgan fingerprint density at radius 1 is 1.06 bits per heavy atom. The molecule has 2 aromatic rings. The predicted molar refractivity (Wildman–Crippen MR) is 124 cm³/mol. The largest absolute Gasteiger partial charge is 0.480 e. The van der Waals surface area contributed by atoms with Crippen LogP contribution in [0.3, 0.4) is 0 Å². The molecule has 0 spiro atoms. The van der Waals surface area contributed by atoms with Crippen LogP contribution in [0.1, 0.15) is 36.8 Å². The van der Waals surface area contributed by atoms with E-state index in [1.807, 2.05) is 36.4 Å². The van der Waals surface area contributed by atoms with Crippen LogP contribution in [0.15, 0.2) is 60.7 Å². The number of hydrogen-bond donors (Lipinski definition) is 2. The molecular weight excluding hydrogens is 420 g/mol. The Morgan fingerprint density at radius 3 is 2.30 bits per heavy atom. The Bertz CT molecular complexity index is 1030. The molecule has 0 aromatic heterocycles. The van der Waals surface area contributed by atoms with Crippen molar-refractivity contribution in [2.75, 3.05) is 19.7 Å². The highest BCUT2D eigenvalue weighted by atomic mass is 16.5. The van der Waals surface area contributed by atoms with Crippen molar-refractivity contribution in [3.8, 4) is 11.1 Å². The number of likely N-dealkylation sites (N-methyl/N-ethyl adjacent to an activating group) is 1. The number of carbonyl (C=O) groups is 3. The summed E-state index contributed by atoms with van der Waals surface area (Å²) in [4.78, 5) is 37.6. The molecule has 0 fully saturated rings. The number of amides is 2. The molecule has 172 valence electrons. The summed E-state index contributed by atoms with van der Waals surface area (Å²) in [5.74, 6) is -1.63. The van der Waals surface area contributed by atoms with Gasteiger partial charge in [-0.3, -0.25) is 9.59 Å². The molecule has 0 radical (unpaired) electrons. The molecule has 2 aliphatic rings. The first-order chi connectivity index (χ1) is 16.0. The van der Waals surface area contributed by atoms with E-state index in [0.717, 1.165) is 11.1 Å². The highest BCUT2D eigenvalue weighted by Gasteiger charge is 2.31. The van der Waals surface area contributed by atoms with E-state index < -0.39 is 12.1 Å². The van der Waals surface area contributed by atoms with Crippen LogP contribution in [0.25, 0.3) is 11.1 Å². The molecule has 2 N–H and O–H groups in total. The third-order valence-electron chi connectivity index (χ3n) is 6.34. The van der Waals surface area contributed by atoms with E-state index in [9.17, 15) is 14.4 Å². The summed E-state index contributed by atoms with van der Waals surface area (Å²) in [6.45, 7) is 1.99. The minimum atomic E-state index is -1.04. The summed E-state index contributed by atoms with van der Waals surface area (Å²) < 4.78 is 5.60. The lowest BCUT2D eigenvalue weighted by atomic mass is 9.90. The Kier molecular flexibility index (Phi) is 6.77. The van der Waals surface area contributed by atoms with Crippen molar-refractivity contribution < 1.29 is 24.2 Å². The number of fused-ring (bicyclic) bond motifs is 3. The Balaban J connectivity index is 1.35. The number of hydrogen-bond acceptors (Lipinski definition) is 4. The number of rotatable bonds is 7. The van der Waals surface area contributed by atoms with Gasteiger partial charge in [-0.15, -0.1) is 0 Å². The molecule has 0 aliphatic heterocycles. The first-order valence-electron chi connectivity index (χ1n) is 11.3. The van der Waals surface area contributed by atoms with Crippen LogP contribution in [0.5, 0.6) is 0 Å². The summed E-state index contributed by atoms with van der Waals surface area (Å²) >= 11 is 0. The fraction of sp³-hybridized carbons (Fsp3) is 0.346. The topological polar surface area (TPSA) is 95.9 Å². The van der Waals surface area contributed by atoms with Crippen molar-refractivity contribution in [2.45, 2.75) is 31.7 Å². The third-order valence-corrected chi connectivity index (χ3v) is 6.34. The van der Waals surface area contributed by atoms with E-state index in [1.54, 1.807) is 6.92 Å². The van der Waals surface area contributed by atoms with Gasteiger partial charge in [-0.1, -0.05) is 60.7 Å². The van der Waals surface area contributed by atoms with Crippen LogP contribution >= 0.6 is 0 Å². The molecule has 0 heterocycles. The van der Waals surface area contributed by atoms with Crippen molar-refractivity contribution in [3.63, 3.8) is 0 Å². The molecule has 2 unspecified atom stereocenters. The number of carboxylic acid groups (broad SMARTS) is 1. The normalized spacial score (nSPS) is 18.8. The van der Waals surface area contributed by atoms with E-state index in [-0.39, 0.29) is 36.9 Å². The lowest BCUT2D eigenvalue weighted by Crippen LogP contribution is -2.44. The average Bonchev–Trinajstić information content (AvgIpc) is 3.14. The molecule has 7 nitrogen and oxygen atoms in total. The zero-order valence-corrected chi connectivity index (χ0v) is 18.6. The van der Waals surface area contributed by atoms with Gasteiger partial charge in [0, 0.05) is 18.4 Å². The van der Waals surface area contributed by atoms with Gasteiger partial charge < -0.3 is 20.1 Å². The lowest BCUT2D eigenvalue weighted by molar-refractivity contribution is -0.146. The van der Waals surface area contributed by atoms with Gasteiger partial charge >= 0.3 is 12.1 Å². The van der Waals surface area contributed by atoms with Gasteiger partial charge in [-0.2, -0.15) is 0 Å². The van der Waals surface area contributed by atoms with Gasteiger partial charge in [0.05, 0.1) is 6.04 Å². The molecule has 0 saturated heterocycles. The number of nitrogens with zero attached hydrogens (tertiary/aromatic N) is 1. The molecule has 0 saturated carbocycles. The number of ether oxygens (including phenoxy) is 1. The number of carboxylic acids is 1. The number of aliphatic carboxylic acids is 1. The third kappa shape index (κ3) is 4.92. The van der Waals surface area contributed by atoms with Gasteiger partial charge in [0.15, 0.2) is 0 Å². The lowest BCUT2D eigenvalue weighted by Gasteiger charge is -2.29. The number of allylic oxidation sites excluding steroid dienone is 1. The van der Waals surface area contributed by atoms with Crippen molar-refractivity contribution in [1.29, 1.82) is 0 Å². The maximum absolute atomic E-state index is 12.7. The van der Waals surface area contributed by atoms with E-state index in [0.29, 0.717) is 19.4 Å². The van der Waals surface area contributed by atoms with Crippen molar-refractivity contribution >= 4 is 18.0 Å². The zero-order chi connectivity index (χ0) is 23.4. The fourth-order valence-corrected chi connectivity index (χ4v) is 4.76. The van der Waals surface area contributed by atoms with Crippen LogP contribution < -0.4 is 5.32 Å². The van der Waals surface area contributed by atoms with Crippen LogP contribution in [0.4, 0.5) is 4.79 Å². The van der Waals surface area contributed by atoms with E-state index in [4.69, 9.17) is 9.84 Å². The molecule has 0 bridgehead atoms. The Hall–Kier alpha value is -3.61. The van der Waals surface area contributed by atoms with Crippen molar-refractivity contribution in [2.24, 2.45) is 5.92 Å². The highest BCUT2D eigenvalue weighted by Crippen LogP contribution is 2.44. The molecule has 7 heteroatoms. The first-order valence-corrected chi connectivity index (χ1v) is 11.3. The molecule has 2 amide bonds. The summed E-state index contributed by atoms with van der Waals surface area (Å²) in [5.41, 5.74) is 4.63. The molecule has 4 rings (SSSR count). The summed E-state index contributed by atoms with van der Waals surface area (Å²) in [6.07, 6.45) is 4.12. The maximum Gasteiger partial charge on any atom is 0.407 e. The molecule has 2 atom stereocenters. The monoisotopic (exact) mass is 448 g/mol. The van der Waals surface area contributed by atoms with Gasteiger partial charge in [0.2, 0.25) is 5.91 Å². The van der Waals surface area contributed by atoms with Crippen LogP contribution in [-0.4, -0.2) is 53.7 Å². The second kappa shape index (κ2) is 9.90. The zero-order valence-electron chi connectivity index (χ0n) is 18.6. The summed E-state index contributed by atoms with van der Waals surface area (Å²) in [5, 5.41) is 11.9. The standard InChI is InChI=1S/C26H28N2O5/c1-2-28(15-24(29)30)25(31)17-8-7-9-18(14-17)27-26(32)33-16-23-21-12-5-3-10-19(21)20-11-4-6-13-22(20)23/h3-7,9-13,17-18,23H,2,8,14-16H2,1H3,(H,27,32)(H,29,30). The number of benzene rings is 2. The second-order valence-corrected chi connectivity index (χ2v) is 8.42. The molecule has 33 heavy (non-hydrogen) atoms. The van der Waals surface area contributed by atoms with Gasteiger partial charge in [-0.05, 0) is 42.0 Å². The fourth-order valence-electron chi connectivity index (χ4n) is 4.76. The Morgan fingerprint density at radius 2 is 1.70 bits per heavy atom. The van der Waals surface area contributed by atoms with Gasteiger partial charge in [0.25, 0.3) is 0 Å². The van der Waals surface area contributed by atoms with Crippen LogP contribution in [0, 0.1) is 5.92 Å². The van der Waals surface area contributed by atoms with E-state index in [1.165, 1.54) is 16.0 Å². The number of carbonyl (C=O) groups excluding carboxylic acids is 2. The Labute approximate surface area is 193 Å². The second-order valence-electron chi connectivity index (χ2n) is 8.42. The smallest absolute Gasteiger partial charge is 0.407 e. The SMILES string of the molecule is CCN(CC(=O)O)C(=O)C1CC=CC(NC(=O)OCC2c3ccccc3-c3ccccc32)C1. The van der Waals surface area contributed by atoms with Crippen molar-refractivity contribution in [1.82, 2.24) is 10.2 Å². The minimum Gasteiger partial charge on any atom is -0.480 e. The van der Waals surface area contributed by atoms with E-state index in [2.05, 4.69) is 29.6 Å². The van der Waals surface area contributed by atoms with E-state index >= 15 is 0 Å².